The predicted molar refractivity (Wildman–Crippen MR) is 108 cm³/mol. The van der Waals surface area contributed by atoms with Crippen molar-refractivity contribution in [2.45, 2.75) is 6.54 Å². The molecule has 0 aliphatic carbocycles. The molecule has 3 aromatic rings. The molecule has 5 heteroatoms. The molecular formula is C22H24N2O3. The molecule has 0 aliphatic heterocycles. The van der Waals surface area contributed by atoms with Crippen molar-refractivity contribution in [1.29, 1.82) is 0 Å². The van der Waals surface area contributed by atoms with Crippen molar-refractivity contribution in [1.82, 2.24) is 4.90 Å². The average molecular weight is 364 g/mol. The van der Waals surface area contributed by atoms with Crippen molar-refractivity contribution in [2.75, 3.05) is 33.1 Å². The first kappa shape index (κ1) is 18.7. The molecule has 0 spiro atoms. The van der Waals surface area contributed by atoms with E-state index in [4.69, 9.17) is 9.47 Å². The second-order valence-corrected chi connectivity index (χ2v) is 6.50. The van der Waals surface area contributed by atoms with E-state index in [0.717, 1.165) is 0 Å². The monoisotopic (exact) mass is 364 g/mol. The molecule has 0 atom stereocenters. The van der Waals surface area contributed by atoms with E-state index >= 15 is 0 Å². The van der Waals surface area contributed by atoms with Crippen molar-refractivity contribution in [3.8, 4) is 11.5 Å². The maximum absolute atomic E-state index is 12.4. The molecule has 0 unspecified atom stereocenters. The number of ether oxygens (including phenoxy) is 2. The SMILES string of the molecule is COc1cc(NC(=O)CN(C)Cc2ccc3ccccc3c2)cc(OC)c1. The molecule has 1 N–H and O–H groups in total. The Morgan fingerprint density at radius 3 is 2.26 bits per heavy atom. The highest BCUT2D eigenvalue weighted by Crippen LogP contribution is 2.25. The summed E-state index contributed by atoms with van der Waals surface area (Å²) in [5.74, 6) is 1.18. The van der Waals surface area contributed by atoms with Crippen molar-refractivity contribution in [3.05, 3.63) is 66.2 Å². The summed E-state index contributed by atoms with van der Waals surface area (Å²) in [5, 5.41) is 5.32. The molecule has 0 heterocycles. The van der Waals surface area contributed by atoms with Gasteiger partial charge < -0.3 is 14.8 Å². The molecular weight excluding hydrogens is 340 g/mol. The van der Waals surface area contributed by atoms with Crippen LogP contribution in [0, 0.1) is 0 Å². The number of methoxy groups -OCH3 is 2. The molecule has 0 bridgehead atoms. The van der Waals surface area contributed by atoms with Crippen molar-refractivity contribution < 1.29 is 14.3 Å². The lowest BCUT2D eigenvalue weighted by molar-refractivity contribution is -0.117. The first-order valence-electron chi connectivity index (χ1n) is 8.76. The Bertz CT molecular complexity index is 917. The second-order valence-electron chi connectivity index (χ2n) is 6.50. The number of benzene rings is 3. The van der Waals surface area contributed by atoms with Crippen LogP contribution in [-0.2, 0) is 11.3 Å². The zero-order valence-corrected chi connectivity index (χ0v) is 15.9. The fraction of sp³-hybridized carbons (Fsp3) is 0.227. The van der Waals surface area contributed by atoms with Crippen LogP contribution in [0.5, 0.6) is 11.5 Å². The molecule has 1 amide bonds. The first-order valence-corrected chi connectivity index (χ1v) is 8.76. The van der Waals surface area contributed by atoms with Gasteiger partial charge in [0.2, 0.25) is 5.91 Å². The van der Waals surface area contributed by atoms with Crippen LogP contribution in [0.15, 0.2) is 60.7 Å². The number of rotatable bonds is 7. The van der Waals surface area contributed by atoms with Gasteiger partial charge in [0.25, 0.3) is 0 Å². The predicted octanol–water partition coefficient (Wildman–Crippen LogP) is 3.93. The third-order valence-corrected chi connectivity index (χ3v) is 4.32. The molecule has 0 saturated heterocycles. The number of anilines is 1. The van der Waals surface area contributed by atoms with E-state index in [0.29, 0.717) is 23.7 Å². The Labute approximate surface area is 159 Å². The Morgan fingerprint density at radius 2 is 1.59 bits per heavy atom. The molecule has 5 nitrogen and oxygen atoms in total. The van der Waals surface area contributed by atoms with E-state index < -0.39 is 0 Å². The van der Waals surface area contributed by atoms with E-state index in [1.165, 1.54) is 16.3 Å². The molecule has 3 aromatic carbocycles. The van der Waals surface area contributed by atoms with Crippen molar-refractivity contribution in [3.63, 3.8) is 0 Å². The average Bonchev–Trinajstić information content (AvgIpc) is 2.67. The second kappa shape index (κ2) is 8.56. The summed E-state index contributed by atoms with van der Waals surface area (Å²) < 4.78 is 10.5. The standard InChI is InChI=1S/C22H24N2O3/c1-24(14-16-8-9-17-6-4-5-7-18(17)10-16)15-22(25)23-19-11-20(26-2)13-21(12-19)27-3/h4-13H,14-15H2,1-3H3,(H,23,25). The minimum atomic E-state index is -0.0893. The van der Waals surface area contributed by atoms with Crippen LogP contribution in [-0.4, -0.2) is 38.6 Å². The highest BCUT2D eigenvalue weighted by molar-refractivity contribution is 5.92. The maximum atomic E-state index is 12.4. The Morgan fingerprint density at radius 1 is 0.926 bits per heavy atom. The summed E-state index contributed by atoms with van der Waals surface area (Å²) in [5.41, 5.74) is 1.82. The zero-order chi connectivity index (χ0) is 19.2. The quantitative estimate of drug-likeness (QED) is 0.690. The van der Waals surface area contributed by atoms with Crippen molar-refractivity contribution >= 4 is 22.4 Å². The van der Waals surface area contributed by atoms with Gasteiger partial charge in [-0.3, -0.25) is 9.69 Å². The largest absolute Gasteiger partial charge is 0.497 e. The van der Waals surface area contributed by atoms with E-state index in [1.54, 1.807) is 32.4 Å². The lowest BCUT2D eigenvalue weighted by atomic mass is 10.1. The van der Waals surface area contributed by atoms with E-state index in [2.05, 4.69) is 35.6 Å². The highest BCUT2D eigenvalue weighted by Gasteiger charge is 2.10. The summed E-state index contributed by atoms with van der Waals surface area (Å²) in [6, 6.07) is 19.9. The minimum Gasteiger partial charge on any atom is -0.497 e. The normalized spacial score (nSPS) is 10.8. The molecule has 0 saturated carbocycles. The fourth-order valence-corrected chi connectivity index (χ4v) is 3.03. The van der Waals surface area contributed by atoms with E-state index in [-0.39, 0.29) is 12.5 Å². The molecule has 0 aromatic heterocycles. The van der Waals surface area contributed by atoms with Crippen LogP contribution in [0.4, 0.5) is 5.69 Å². The lowest BCUT2D eigenvalue weighted by Gasteiger charge is -2.17. The van der Waals surface area contributed by atoms with Gasteiger partial charge in [0.1, 0.15) is 11.5 Å². The van der Waals surface area contributed by atoms with Crippen molar-refractivity contribution in [2.24, 2.45) is 0 Å². The van der Waals surface area contributed by atoms with Gasteiger partial charge in [0.15, 0.2) is 0 Å². The molecule has 0 aliphatic rings. The Kier molecular flexibility index (Phi) is 5.94. The molecule has 0 fully saturated rings. The van der Waals surface area contributed by atoms with Crippen LogP contribution in [0.25, 0.3) is 10.8 Å². The molecule has 3 rings (SSSR count). The summed E-state index contributed by atoms with van der Waals surface area (Å²) in [6.07, 6.45) is 0. The summed E-state index contributed by atoms with van der Waals surface area (Å²) >= 11 is 0. The Balaban J connectivity index is 1.61. The van der Waals surface area contributed by atoms with Gasteiger partial charge in [0, 0.05) is 30.4 Å². The van der Waals surface area contributed by atoms with Crippen LogP contribution in [0.3, 0.4) is 0 Å². The zero-order valence-electron chi connectivity index (χ0n) is 15.9. The smallest absolute Gasteiger partial charge is 0.238 e. The van der Waals surface area contributed by atoms with Crippen LogP contribution in [0.1, 0.15) is 5.56 Å². The van der Waals surface area contributed by atoms with E-state index in [9.17, 15) is 4.79 Å². The fourth-order valence-electron chi connectivity index (χ4n) is 3.03. The lowest BCUT2D eigenvalue weighted by Crippen LogP contribution is -2.29. The maximum Gasteiger partial charge on any atom is 0.238 e. The van der Waals surface area contributed by atoms with Gasteiger partial charge in [-0.1, -0.05) is 36.4 Å². The Hall–Kier alpha value is -3.05. The third kappa shape index (κ3) is 4.99. The van der Waals surface area contributed by atoms with Gasteiger partial charge in [-0.2, -0.15) is 0 Å². The van der Waals surface area contributed by atoms with Gasteiger partial charge in [-0.05, 0) is 29.4 Å². The number of hydrogen-bond donors (Lipinski definition) is 1. The number of nitrogens with zero attached hydrogens (tertiary/aromatic N) is 1. The highest BCUT2D eigenvalue weighted by atomic mass is 16.5. The minimum absolute atomic E-state index is 0.0893. The third-order valence-electron chi connectivity index (χ3n) is 4.32. The number of fused-ring (bicyclic) bond motifs is 1. The summed E-state index contributed by atoms with van der Waals surface area (Å²) in [4.78, 5) is 14.4. The summed E-state index contributed by atoms with van der Waals surface area (Å²) in [6.45, 7) is 0.978. The van der Waals surface area contributed by atoms with Crippen LogP contribution < -0.4 is 14.8 Å². The van der Waals surface area contributed by atoms with Crippen LogP contribution >= 0.6 is 0 Å². The molecule has 0 radical (unpaired) electrons. The molecule has 27 heavy (non-hydrogen) atoms. The number of carbonyl (C=O) groups is 1. The topological polar surface area (TPSA) is 50.8 Å². The van der Waals surface area contributed by atoms with Gasteiger partial charge >= 0.3 is 0 Å². The number of amides is 1. The van der Waals surface area contributed by atoms with Crippen LogP contribution in [0.2, 0.25) is 0 Å². The molecule has 140 valence electrons. The van der Waals surface area contributed by atoms with Gasteiger partial charge in [-0.25, -0.2) is 0 Å². The number of carbonyl (C=O) groups excluding carboxylic acids is 1. The summed E-state index contributed by atoms with van der Waals surface area (Å²) in [7, 11) is 5.09. The number of hydrogen-bond acceptors (Lipinski definition) is 4. The number of likely N-dealkylation sites (N-methyl/N-ethyl adjacent to an activating group) is 1. The first-order chi connectivity index (χ1) is 13.1. The van der Waals surface area contributed by atoms with Gasteiger partial charge in [-0.15, -0.1) is 0 Å². The number of nitrogens with one attached hydrogen (secondary N) is 1. The van der Waals surface area contributed by atoms with E-state index in [1.807, 2.05) is 24.1 Å². The van der Waals surface area contributed by atoms with Gasteiger partial charge in [0.05, 0.1) is 20.8 Å².